The molecular formula is C11H8N2O2. The zero-order chi connectivity index (χ0) is 10.7. The van der Waals surface area contributed by atoms with Gasteiger partial charge in [0, 0.05) is 6.20 Å². The van der Waals surface area contributed by atoms with Crippen LogP contribution in [0.3, 0.4) is 0 Å². The molecule has 74 valence electrons. The van der Waals surface area contributed by atoms with Crippen molar-refractivity contribution in [2.24, 2.45) is 0 Å². The molecule has 0 N–H and O–H groups in total. The van der Waals surface area contributed by atoms with Crippen LogP contribution in [-0.4, -0.2) is 9.91 Å². The predicted octanol–water partition coefficient (Wildman–Crippen LogP) is 2.66. The first-order valence-electron chi connectivity index (χ1n) is 4.43. The highest BCUT2D eigenvalue weighted by Crippen LogP contribution is 2.27. The standard InChI is InChI=1S/C11H8N2O2/c14-13(15)11-8-12-7-6-10(11)9-4-2-1-3-5-9/h1-8H. The molecule has 1 aromatic carbocycles. The first kappa shape index (κ1) is 9.33. The molecule has 0 saturated carbocycles. The number of nitro groups is 1. The van der Waals surface area contributed by atoms with E-state index in [0.29, 0.717) is 5.56 Å². The predicted molar refractivity (Wildman–Crippen MR) is 56.3 cm³/mol. The average molecular weight is 200 g/mol. The number of rotatable bonds is 2. The van der Waals surface area contributed by atoms with Gasteiger partial charge >= 0.3 is 0 Å². The molecule has 0 aliphatic carbocycles. The van der Waals surface area contributed by atoms with Crippen LogP contribution in [0, 0.1) is 10.1 Å². The van der Waals surface area contributed by atoms with Crippen LogP contribution in [0.2, 0.25) is 0 Å². The Bertz CT molecular complexity index is 483. The molecule has 1 heterocycles. The van der Waals surface area contributed by atoms with Gasteiger partial charge in [0.05, 0.1) is 10.5 Å². The van der Waals surface area contributed by atoms with Crippen LogP contribution in [0.25, 0.3) is 11.1 Å². The molecule has 0 amide bonds. The highest BCUT2D eigenvalue weighted by Gasteiger charge is 2.13. The van der Waals surface area contributed by atoms with E-state index in [1.165, 1.54) is 6.20 Å². The fourth-order valence-electron chi connectivity index (χ4n) is 1.39. The van der Waals surface area contributed by atoms with Crippen molar-refractivity contribution in [3.05, 3.63) is 58.9 Å². The van der Waals surface area contributed by atoms with Gasteiger partial charge in [0.2, 0.25) is 0 Å². The number of aromatic nitrogens is 1. The van der Waals surface area contributed by atoms with E-state index >= 15 is 0 Å². The van der Waals surface area contributed by atoms with Crippen molar-refractivity contribution in [1.82, 2.24) is 4.98 Å². The summed E-state index contributed by atoms with van der Waals surface area (Å²) in [5, 5.41) is 10.8. The summed E-state index contributed by atoms with van der Waals surface area (Å²) in [6.45, 7) is 0. The lowest BCUT2D eigenvalue weighted by Crippen LogP contribution is -1.92. The minimum atomic E-state index is -0.421. The molecule has 4 nitrogen and oxygen atoms in total. The van der Waals surface area contributed by atoms with Gasteiger partial charge in [-0.15, -0.1) is 0 Å². The molecule has 0 aliphatic heterocycles. The molecular weight excluding hydrogens is 192 g/mol. The van der Waals surface area contributed by atoms with Crippen molar-refractivity contribution < 1.29 is 4.92 Å². The second-order valence-corrected chi connectivity index (χ2v) is 3.02. The maximum Gasteiger partial charge on any atom is 0.295 e. The van der Waals surface area contributed by atoms with E-state index in [0.717, 1.165) is 5.56 Å². The SMILES string of the molecule is O=[N+]([O-])c1cnccc1-c1ccccc1. The average Bonchev–Trinajstić information content (AvgIpc) is 2.30. The maximum atomic E-state index is 10.8. The molecule has 0 radical (unpaired) electrons. The Labute approximate surface area is 86.4 Å². The largest absolute Gasteiger partial charge is 0.295 e. The maximum absolute atomic E-state index is 10.8. The first-order chi connectivity index (χ1) is 7.29. The Morgan fingerprint density at radius 1 is 1.13 bits per heavy atom. The summed E-state index contributed by atoms with van der Waals surface area (Å²) in [4.78, 5) is 14.1. The summed E-state index contributed by atoms with van der Waals surface area (Å²) in [7, 11) is 0. The van der Waals surface area contributed by atoms with Gasteiger partial charge in [-0.2, -0.15) is 0 Å². The van der Waals surface area contributed by atoms with E-state index < -0.39 is 4.92 Å². The summed E-state index contributed by atoms with van der Waals surface area (Å²) in [6.07, 6.45) is 2.82. The van der Waals surface area contributed by atoms with E-state index in [9.17, 15) is 10.1 Å². The van der Waals surface area contributed by atoms with Gasteiger partial charge in [0.1, 0.15) is 6.20 Å². The third kappa shape index (κ3) is 1.83. The van der Waals surface area contributed by atoms with Gasteiger partial charge in [0.25, 0.3) is 5.69 Å². The monoisotopic (exact) mass is 200 g/mol. The van der Waals surface area contributed by atoms with Crippen LogP contribution in [0.5, 0.6) is 0 Å². The second-order valence-electron chi connectivity index (χ2n) is 3.02. The van der Waals surface area contributed by atoms with Crippen LogP contribution in [0.15, 0.2) is 48.8 Å². The van der Waals surface area contributed by atoms with Crippen LogP contribution < -0.4 is 0 Å². The molecule has 0 bridgehead atoms. The Kier molecular flexibility index (Phi) is 2.41. The summed E-state index contributed by atoms with van der Waals surface area (Å²) in [5.41, 5.74) is 1.45. The van der Waals surface area contributed by atoms with Crippen molar-refractivity contribution in [3.8, 4) is 11.1 Å². The Balaban J connectivity index is 2.58. The molecule has 4 heteroatoms. The topological polar surface area (TPSA) is 56.0 Å². The molecule has 0 spiro atoms. The van der Waals surface area contributed by atoms with Gasteiger partial charge in [-0.1, -0.05) is 30.3 Å². The minimum Gasteiger partial charge on any atom is -0.258 e. The molecule has 0 atom stereocenters. The summed E-state index contributed by atoms with van der Waals surface area (Å²) < 4.78 is 0. The molecule has 0 aliphatic rings. The second kappa shape index (κ2) is 3.88. The molecule has 0 fully saturated rings. The van der Waals surface area contributed by atoms with Crippen molar-refractivity contribution in [2.45, 2.75) is 0 Å². The van der Waals surface area contributed by atoms with Gasteiger partial charge < -0.3 is 0 Å². The zero-order valence-corrected chi connectivity index (χ0v) is 7.83. The van der Waals surface area contributed by atoms with Crippen molar-refractivity contribution in [2.75, 3.05) is 0 Å². The lowest BCUT2D eigenvalue weighted by Gasteiger charge is -2.01. The van der Waals surface area contributed by atoms with Gasteiger partial charge in [-0.05, 0) is 11.6 Å². The van der Waals surface area contributed by atoms with Crippen LogP contribution >= 0.6 is 0 Å². The molecule has 1 aromatic heterocycles. The third-order valence-corrected chi connectivity index (χ3v) is 2.08. The molecule has 2 aromatic rings. The highest BCUT2D eigenvalue weighted by atomic mass is 16.6. The van der Waals surface area contributed by atoms with Crippen LogP contribution in [0.1, 0.15) is 0 Å². The number of hydrogen-bond donors (Lipinski definition) is 0. The molecule has 15 heavy (non-hydrogen) atoms. The Morgan fingerprint density at radius 2 is 1.87 bits per heavy atom. The van der Waals surface area contributed by atoms with Gasteiger partial charge in [0.15, 0.2) is 0 Å². The highest BCUT2D eigenvalue weighted by molar-refractivity contribution is 5.72. The van der Waals surface area contributed by atoms with E-state index in [4.69, 9.17) is 0 Å². The van der Waals surface area contributed by atoms with Gasteiger partial charge in [-0.25, -0.2) is 0 Å². The summed E-state index contributed by atoms with van der Waals surface area (Å²) >= 11 is 0. The van der Waals surface area contributed by atoms with Crippen molar-refractivity contribution >= 4 is 5.69 Å². The third-order valence-electron chi connectivity index (χ3n) is 2.08. The summed E-state index contributed by atoms with van der Waals surface area (Å²) in [5.74, 6) is 0. The lowest BCUT2D eigenvalue weighted by molar-refractivity contribution is -0.384. The molecule has 0 unspecified atom stereocenters. The van der Waals surface area contributed by atoms with Crippen LogP contribution in [-0.2, 0) is 0 Å². The smallest absolute Gasteiger partial charge is 0.258 e. The minimum absolute atomic E-state index is 0.0312. The van der Waals surface area contributed by atoms with E-state index in [1.807, 2.05) is 30.3 Å². The summed E-state index contributed by atoms with van der Waals surface area (Å²) in [6, 6.07) is 10.9. The van der Waals surface area contributed by atoms with Crippen molar-refractivity contribution in [3.63, 3.8) is 0 Å². The molecule has 0 saturated heterocycles. The lowest BCUT2D eigenvalue weighted by atomic mass is 10.1. The zero-order valence-electron chi connectivity index (χ0n) is 7.83. The Hall–Kier alpha value is -2.23. The van der Waals surface area contributed by atoms with Crippen molar-refractivity contribution in [1.29, 1.82) is 0 Å². The normalized spacial score (nSPS) is 9.87. The number of benzene rings is 1. The van der Waals surface area contributed by atoms with E-state index in [1.54, 1.807) is 12.3 Å². The number of hydrogen-bond acceptors (Lipinski definition) is 3. The quantitative estimate of drug-likeness (QED) is 0.553. The number of nitrogens with zero attached hydrogens (tertiary/aromatic N) is 2. The van der Waals surface area contributed by atoms with Gasteiger partial charge in [-0.3, -0.25) is 15.1 Å². The first-order valence-corrected chi connectivity index (χ1v) is 4.43. The molecule has 2 rings (SSSR count). The van der Waals surface area contributed by atoms with E-state index in [2.05, 4.69) is 4.98 Å². The van der Waals surface area contributed by atoms with E-state index in [-0.39, 0.29) is 5.69 Å². The fourth-order valence-corrected chi connectivity index (χ4v) is 1.39. The van der Waals surface area contributed by atoms with Crippen LogP contribution in [0.4, 0.5) is 5.69 Å². The Morgan fingerprint density at radius 3 is 2.53 bits per heavy atom. The fraction of sp³-hybridized carbons (Fsp3) is 0. The number of pyridine rings is 1.